The van der Waals surface area contributed by atoms with Crippen LogP contribution < -0.4 is 5.32 Å². The number of carbonyl (C=O) groups excluding carboxylic acids is 2. The number of likely N-dealkylation sites (tertiary alicyclic amines) is 1. The zero-order valence-electron chi connectivity index (χ0n) is 12.2. The number of hydrogen-bond acceptors (Lipinski definition) is 5. The van der Waals surface area contributed by atoms with Crippen molar-refractivity contribution in [3.63, 3.8) is 0 Å². The van der Waals surface area contributed by atoms with Gasteiger partial charge in [0.25, 0.3) is 5.91 Å². The molecule has 8 nitrogen and oxygen atoms in total. The first-order valence-corrected chi connectivity index (χ1v) is 7.06. The van der Waals surface area contributed by atoms with E-state index in [-0.39, 0.29) is 24.0 Å². The lowest BCUT2D eigenvalue weighted by Gasteiger charge is -2.35. The number of nitrogens with zero attached hydrogens (tertiary/aromatic N) is 2. The van der Waals surface area contributed by atoms with E-state index in [9.17, 15) is 14.4 Å². The van der Waals surface area contributed by atoms with Crippen LogP contribution in [0.15, 0.2) is 16.5 Å². The van der Waals surface area contributed by atoms with Crippen LogP contribution in [0.4, 0.5) is 4.79 Å². The van der Waals surface area contributed by atoms with E-state index >= 15 is 0 Å². The van der Waals surface area contributed by atoms with Gasteiger partial charge in [0, 0.05) is 13.1 Å². The number of hydrogen-bond donors (Lipinski definition) is 2. The number of amides is 3. The van der Waals surface area contributed by atoms with Gasteiger partial charge < -0.3 is 19.7 Å². The molecular formula is C14H17N3O5. The number of urea groups is 1. The third-order valence-corrected chi connectivity index (χ3v) is 4.27. The minimum atomic E-state index is -1.18. The van der Waals surface area contributed by atoms with Crippen molar-refractivity contribution in [2.45, 2.75) is 24.9 Å². The van der Waals surface area contributed by atoms with Gasteiger partial charge in [-0.1, -0.05) is 0 Å². The molecule has 1 aromatic rings. The molecule has 0 saturated carbocycles. The van der Waals surface area contributed by atoms with Crippen LogP contribution in [-0.2, 0) is 11.3 Å². The topological polar surface area (TPSA) is 103 Å². The standard InChI is InChI=1S/C14H17N3O5/c1-16-6-4-14(5-7-16)12(20)17(13(21)15-14)8-9-2-3-10(22-9)11(18)19/h2-3H,4-8H2,1H3,(H,15,21)(H,18,19). The molecule has 0 bridgehead atoms. The number of carboxylic acid groups (broad SMARTS) is 1. The number of imide groups is 1. The Balaban J connectivity index is 1.75. The first-order valence-electron chi connectivity index (χ1n) is 7.06. The lowest BCUT2D eigenvalue weighted by molar-refractivity contribution is -0.133. The van der Waals surface area contributed by atoms with Crippen LogP contribution in [0.5, 0.6) is 0 Å². The molecule has 8 heteroatoms. The molecule has 2 aliphatic rings. The SMILES string of the molecule is CN1CCC2(CC1)NC(=O)N(Cc1ccc(C(=O)O)o1)C2=O. The van der Waals surface area contributed by atoms with Gasteiger partial charge in [-0.2, -0.15) is 0 Å². The number of carbonyl (C=O) groups is 3. The fraction of sp³-hybridized carbons (Fsp3) is 0.500. The second-order valence-corrected chi connectivity index (χ2v) is 5.78. The fourth-order valence-corrected chi connectivity index (χ4v) is 2.89. The summed E-state index contributed by atoms with van der Waals surface area (Å²) in [4.78, 5) is 38.7. The number of nitrogens with one attached hydrogen (secondary N) is 1. The van der Waals surface area contributed by atoms with Crippen molar-refractivity contribution in [1.29, 1.82) is 0 Å². The van der Waals surface area contributed by atoms with Crippen molar-refractivity contribution in [2.75, 3.05) is 20.1 Å². The molecular weight excluding hydrogens is 290 g/mol. The molecule has 0 unspecified atom stereocenters. The minimum absolute atomic E-state index is 0.0600. The average Bonchev–Trinajstić information content (AvgIpc) is 3.03. The predicted molar refractivity (Wildman–Crippen MR) is 74.2 cm³/mol. The highest BCUT2D eigenvalue weighted by molar-refractivity contribution is 6.07. The van der Waals surface area contributed by atoms with Crippen LogP contribution in [0.3, 0.4) is 0 Å². The number of carboxylic acids is 1. The summed E-state index contributed by atoms with van der Waals surface area (Å²) in [6, 6.07) is 2.31. The molecule has 1 aromatic heterocycles. The van der Waals surface area contributed by atoms with E-state index in [4.69, 9.17) is 9.52 Å². The second kappa shape index (κ2) is 5.13. The summed E-state index contributed by atoms with van der Waals surface area (Å²) in [5, 5.41) is 11.6. The quantitative estimate of drug-likeness (QED) is 0.788. The van der Waals surface area contributed by atoms with E-state index in [0.717, 1.165) is 18.0 Å². The van der Waals surface area contributed by atoms with Crippen molar-refractivity contribution in [2.24, 2.45) is 0 Å². The van der Waals surface area contributed by atoms with Crippen LogP contribution >= 0.6 is 0 Å². The monoisotopic (exact) mass is 307 g/mol. The summed E-state index contributed by atoms with van der Waals surface area (Å²) in [7, 11) is 1.97. The maximum absolute atomic E-state index is 12.6. The highest BCUT2D eigenvalue weighted by Crippen LogP contribution is 2.30. The predicted octanol–water partition coefficient (Wildman–Crippen LogP) is 0.494. The summed E-state index contributed by atoms with van der Waals surface area (Å²) >= 11 is 0. The fourth-order valence-electron chi connectivity index (χ4n) is 2.89. The molecule has 3 heterocycles. The second-order valence-electron chi connectivity index (χ2n) is 5.78. The van der Waals surface area contributed by atoms with Gasteiger partial charge in [-0.05, 0) is 32.0 Å². The molecule has 3 amide bonds. The van der Waals surface area contributed by atoms with E-state index in [0.29, 0.717) is 12.8 Å². The van der Waals surface area contributed by atoms with Gasteiger partial charge >= 0.3 is 12.0 Å². The molecule has 0 radical (unpaired) electrons. The van der Waals surface area contributed by atoms with E-state index in [1.165, 1.54) is 12.1 Å². The Morgan fingerprint density at radius 2 is 2.05 bits per heavy atom. The molecule has 2 saturated heterocycles. The Bertz CT molecular complexity index is 630. The maximum atomic E-state index is 12.6. The zero-order chi connectivity index (χ0) is 15.9. The smallest absolute Gasteiger partial charge is 0.371 e. The number of rotatable bonds is 3. The molecule has 0 aromatic carbocycles. The van der Waals surface area contributed by atoms with E-state index in [2.05, 4.69) is 10.2 Å². The van der Waals surface area contributed by atoms with Crippen LogP contribution in [-0.4, -0.2) is 58.5 Å². The Kier molecular flexibility index (Phi) is 3.40. The highest BCUT2D eigenvalue weighted by Gasteiger charge is 2.52. The Hall–Kier alpha value is -2.35. The first kappa shape index (κ1) is 14.6. The first-order chi connectivity index (χ1) is 10.4. The maximum Gasteiger partial charge on any atom is 0.371 e. The third-order valence-electron chi connectivity index (χ3n) is 4.27. The molecule has 22 heavy (non-hydrogen) atoms. The van der Waals surface area contributed by atoms with Gasteiger partial charge in [-0.15, -0.1) is 0 Å². The molecule has 1 spiro atoms. The molecule has 2 N–H and O–H groups in total. The molecule has 118 valence electrons. The molecule has 0 aliphatic carbocycles. The Labute approximate surface area is 126 Å². The number of piperidine rings is 1. The van der Waals surface area contributed by atoms with E-state index in [1.807, 2.05) is 7.05 Å². The van der Waals surface area contributed by atoms with Gasteiger partial charge in [0.1, 0.15) is 11.3 Å². The van der Waals surface area contributed by atoms with Gasteiger partial charge in [-0.3, -0.25) is 9.69 Å². The zero-order valence-corrected chi connectivity index (χ0v) is 12.2. The Morgan fingerprint density at radius 3 is 2.64 bits per heavy atom. The van der Waals surface area contributed by atoms with Crippen LogP contribution in [0.25, 0.3) is 0 Å². The van der Waals surface area contributed by atoms with Crippen molar-refractivity contribution >= 4 is 17.9 Å². The van der Waals surface area contributed by atoms with E-state index in [1.54, 1.807) is 0 Å². The molecule has 2 aliphatic heterocycles. The van der Waals surface area contributed by atoms with Crippen molar-refractivity contribution in [1.82, 2.24) is 15.1 Å². The number of furan rings is 1. The molecule has 2 fully saturated rings. The number of aromatic carboxylic acids is 1. The van der Waals surface area contributed by atoms with Gasteiger partial charge in [0.15, 0.2) is 0 Å². The van der Waals surface area contributed by atoms with E-state index < -0.39 is 17.5 Å². The van der Waals surface area contributed by atoms with Crippen molar-refractivity contribution in [3.8, 4) is 0 Å². The minimum Gasteiger partial charge on any atom is -0.475 e. The van der Waals surface area contributed by atoms with Gasteiger partial charge in [-0.25, -0.2) is 9.59 Å². The lowest BCUT2D eigenvalue weighted by atomic mass is 9.88. The van der Waals surface area contributed by atoms with Gasteiger partial charge in [0.2, 0.25) is 5.76 Å². The van der Waals surface area contributed by atoms with Crippen LogP contribution in [0.2, 0.25) is 0 Å². The molecule has 3 rings (SSSR count). The Morgan fingerprint density at radius 1 is 1.36 bits per heavy atom. The highest BCUT2D eigenvalue weighted by atomic mass is 16.4. The van der Waals surface area contributed by atoms with Crippen LogP contribution in [0, 0.1) is 0 Å². The van der Waals surface area contributed by atoms with Crippen molar-refractivity contribution in [3.05, 3.63) is 23.7 Å². The van der Waals surface area contributed by atoms with Crippen LogP contribution in [0.1, 0.15) is 29.2 Å². The van der Waals surface area contributed by atoms with Crippen molar-refractivity contribution < 1.29 is 23.9 Å². The molecule has 0 atom stereocenters. The summed E-state index contributed by atoms with van der Waals surface area (Å²) in [6.07, 6.45) is 1.15. The summed E-state index contributed by atoms with van der Waals surface area (Å²) in [6.45, 7) is 1.42. The van der Waals surface area contributed by atoms with Gasteiger partial charge in [0.05, 0.1) is 6.54 Å². The summed E-state index contributed by atoms with van der Waals surface area (Å²) in [5.41, 5.74) is -0.828. The summed E-state index contributed by atoms with van der Waals surface area (Å²) in [5.74, 6) is -1.39. The average molecular weight is 307 g/mol. The largest absolute Gasteiger partial charge is 0.475 e. The third kappa shape index (κ3) is 2.35. The summed E-state index contributed by atoms with van der Waals surface area (Å²) < 4.78 is 5.11. The normalized spacial score (nSPS) is 21.4. The lowest BCUT2D eigenvalue weighted by Crippen LogP contribution is -2.54.